The Bertz CT molecular complexity index is 400. The van der Waals surface area contributed by atoms with Gasteiger partial charge in [-0.25, -0.2) is 0 Å². The Kier molecular flexibility index (Phi) is 3.38. The van der Waals surface area contributed by atoms with Crippen LogP contribution in [0.1, 0.15) is 26.2 Å². The van der Waals surface area contributed by atoms with Crippen LogP contribution < -0.4 is 0 Å². The lowest BCUT2D eigenvalue weighted by Gasteiger charge is -2.33. The molecule has 3 atom stereocenters. The Morgan fingerprint density at radius 3 is 2.33 bits per heavy atom. The van der Waals surface area contributed by atoms with Crippen LogP contribution in [0.2, 0.25) is 0 Å². The lowest BCUT2D eigenvalue weighted by molar-refractivity contribution is 0.00843. The van der Waals surface area contributed by atoms with Crippen LogP contribution in [0.15, 0.2) is 0 Å². The summed E-state index contributed by atoms with van der Waals surface area (Å²) in [5.41, 5.74) is 0. The second-order valence-corrected chi connectivity index (χ2v) is 7.74. The molecule has 3 rings (SSSR count). The van der Waals surface area contributed by atoms with E-state index in [1.54, 1.807) is 8.61 Å². The fourth-order valence-corrected chi connectivity index (χ4v) is 5.33. The summed E-state index contributed by atoms with van der Waals surface area (Å²) in [6, 6.07) is 0. The molecule has 3 aliphatic rings. The van der Waals surface area contributed by atoms with Crippen molar-refractivity contribution in [3.63, 3.8) is 0 Å². The zero-order valence-corrected chi connectivity index (χ0v) is 11.7. The minimum absolute atomic E-state index is 0.00984. The molecule has 0 amide bonds. The lowest BCUT2D eigenvalue weighted by Crippen LogP contribution is -2.50. The monoisotopic (exact) mass is 274 g/mol. The SMILES string of the molecule is C[C@H]1CN(S(=O)(=O)N2C[C@H]3CCC[C@H]3C2)CCO1. The molecule has 1 aliphatic carbocycles. The van der Waals surface area contributed by atoms with Gasteiger partial charge in [-0.1, -0.05) is 6.42 Å². The molecule has 6 heteroatoms. The maximum Gasteiger partial charge on any atom is 0.282 e. The number of morpholine rings is 1. The smallest absolute Gasteiger partial charge is 0.282 e. The first-order chi connectivity index (χ1) is 8.57. The van der Waals surface area contributed by atoms with Gasteiger partial charge in [0.1, 0.15) is 0 Å². The minimum Gasteiger partial charge on any atom is -0.376 e. The lowest BCUT2D eigenvalue weighted by atomic mass is 10.0. The zero-order valence-electron chi connectivity index (χ0n) is 10.9. The molecule has 1 saturated carbocycles. The van der Waals surface area contributed by atoms with Crippen LogP contribution in [-0.4, -0.2) is 55.9 Å². The van der Waals surface area contributed by atoms with Crippen molar-refractivity contribution in [1.29, 1.82) is 0 Å². The summed E-state index contributed by atoms with van der Waals surface area (Å²) in [6.07, 6.45) is 3.69. The summed E-state index contributed by atoms with van der Waals surface area (Å²) in [7, 11) is -3.25. The van der Waals surface area contributed by atoms with E-state index in [1.807, 2.05) is 6.92 Å². The highest BCUT2D eigenvalue weighted by Gasteiger charge is 2.43. The summed E-state index contributed by atoms with van der Waals surface area (Å²) >= 11 is 0. The second-order valence-electron chi connectivity index (χ2n) is 5.82. The van der Waals surface area contributed by atoms with Crippen LogP contribution in [0.5, 0.6) is 0 Å². The third-order valence-electron chi connectivity index (χ3n) is 4.55. The first-order valence-corrected chi connectivity index (χ1v) is 8.34. The van der Waals surface area contributed by atoms with Gasteiger partial charge in [-0.3, -0.25) is 0 Å². The van der Waals surface area contributed by atoms with Crippen LogP contribution in [0, 0.1) is 11.8 Å². The van der Waals surface area contributed by atoms with E-state index < -0.39 is 10.2 Å². The Labute approximate surface area is 109 Å². The molecule has 0 spiro atoms. The number of rotatable bonds is 2. The molecule has 0 aromatic heterocycles. The highest BCUT2D eigenvalue weighted by molar-refractivity contribution is 7.86. The first kappa shape index (κ1) is 12.8. The van der Waals surface area contributed by atoms with Crippen molar-refractivity contribution in [2.24, 2.45) is 11.8 Å². The van der Waals surface area contributed by atoms with Crippen LogP contribution in [0.4, 0.5) is 0 Å². The maximum absolute atomic E-state index is 12.6. The zero-order chi connectivity index (χ0) is 12.8. The Balaban J connectivity index is 1.71. The molecule has 0 aromatic rings. The fraction of sp³-hybridized carbons (Fsp3) is 1.00. The van der Waals surface area contributed by atoms with Gasteiger partial charge >= 0.3 is 0 Å². The summed E-state index contributed by atoms with van der Waals surface area (Å²) < 4.78 is 33.8. The number of hydrogen-bond donors (Lipinski definition) is 0. The van der Waals surface area contributed by atoms with Gasteiger partial charge in [-0.15, -0.1) is 0 Å². The van der Waals surface area contributed by atoms with Gasteiger partial charge in [0.2, 0.25) is 0 Å². The van der Waals surface area contributed by atoms with E-state index in [9.17, 15) is 8.42 Å². The molecule has 2 heterocycles. The van der Waals surface area contributed by atoms with Crippen molar-refractivity contribution in [2.45, 2.75) is 32.3 Å². The largest absolute Gasteiger partial charge is 0.376 e. The van der Waals surface area contributed by atoms with Crippen molar-refractivity contribution in [3.8, 4) is 0 Å². The molecule has 0 N–H and O–H groups in total. The quantitative estimate of drug-likeness (QED) is 0.744. The standard InChI is InChI=1S/C12H22N2O3S/c1-10-7-13(5-6-17-10)18(15,16)14-8-11-3-2-4-12(11)9-14/h10-12H,2-9H2,1H3/t10-,11-,12+/m0/s1. The van der Waals surface area contributed by atoms with E-state index in [0.29, 0.717) is 31.5 Å². The highest BCUT2D eigenvalue weighted by atomic mass is 32.2. The Hall–Kier alpha value is -0.170. The molecule has 0 radical (unpaired) electrons. The molecule has 0 aromatic carbocycles. The maximum atomic E-state index is 12.6. The predicted molar refractivity (Wildman–Crippen MR) is 68.3 cm³/mol. The Morgan fingerprint density at radius 2 is 1.72 bits per heavy atom. The van der Waals surface area contributed by atoms with E-state index >= 15 is 0 Å². The normalized spacial score (nSPS) is 39.1. The predicted octanol–water partition coefficient (Wildman–Crippen LogP) is 0.684. The summed E-state index contributed by atoms with van der Waals surface area (Å²) in [6.45, 7) is 4.91. The van der Waals surface area contributed by atoms with E-state index in [4.69, 9.17) is 4.74 Å². The van der Waals surface area contributed by atoms with Gasteiger partial charge in [-0.2, -0.15) is 17.0 Å². The van der Waals surface area contributed by atoms with Crippen molar-refractivity contribution in [3.05, 3.63) is 0 Å². The third kappa shape index (κ3) is 2.19. The molecule has 104 valence electrons. The molecule has 2 aliphatic heterocycles. The molecule has 3 fully saturated rings. The number of ether oxygens (including phenoxy) is 1. The average molecular weight is 274 g/mol. The van der Waals surface area contributed by atoms with Gasteiger partial charge < -0.3 is 4.74 Å². The minimum atomic E-state index is -3.25. The van der Waals surface area contributed by atoms with Crippen LogP contribution in [0.3, 0.4) is 0 Å². The van der Waals surface area contributed by atoms with Crippen molar-refractivity contribution >= 4 is 10.2 Å². The number of fused-ring (bicyclic) bond motifs is 1. The third-order valence-corrected chi connectivity index (χ3v) is 6.48. The van der Waals surface area contributed by atoms with Gasteiger partial charge in [0, 0.05) is 26.2 Å². The van der Waals surface area contributed by atoms with Crippen LogP contribution in [0.25, 0.3) is 0 Å². The van der Waals surface area contributed by atoms with Crippen LogP contribution in [-0.2, 0) is 14.9 Å². The fourth-order valence-electron chi connectivity index (χ4n) is 3.54. The van der Waals surface area contributed by atoms with Gasteiger partial charge in [-0.05, 0) is 31.6 Å². The summed E-state index contributed by atoms with van der Waals surface area (Å²) in [4.78, 5) is 0. The Morgan fingerprint density at radius 1 is 1.06 bits per heavy atom. The number of nitrogens with zero attached hydrogens (tertiary/aromatic N) is 2. The van der Waals surface area contributed by atoms with E-state index in [0.717, 1.165) is 13.1 Å². The first-order valence-electron chi connectivity index (χ1n) is 6.94. The molecule has 0 bridgehead atoms. The van der Waals surface area contributed by atoms with Crippen molar-refractivity contribution < 1.29 is 13.2 Å². The molecule has 18 heavy (non-hydrogen) atoms. The van der Waals surface area contributed by atoms with Crippen molar-refractivity contribution in [2.75, 3.05) is 32.8 Å². The van der Waals surface area contributed by atoms with E-state index in [1.165, 1.54) is 19.3 Å². The molecule has 0 unspecified atom stereocenters. The highest BCUT2D eigenvalue weighted by Crippen LogP contribution is 2.39. The van der Waals surface area contributed by atoms with E-state index in [-0.39, 0.29) is 6.10 Å². The molecule has 5 nitrogen and oxygen atoms in total. The van der Waals surface area contributed by atoms with E-state index in [2.05, 4.69) is 0 Å². The molecular formula is C12H22N2O3S. The van der Waals surface area contributed by atoms with Crippen molar-refractivity contribution in [1.82, 2.24) is 8.61 Å². The summed E-state index contributed by atoms with van der Waals surface area (Å²) in [5, 5.41) is 0. The molecule has 2 saturated heterocycles. The van der Waals surface area contributed by atoms with Gasteiger partial charge in [0.25, 0.3) is 10.2 Å². The summed E-state index contributed by atoms with van der Waals surface area (Å²) in [5.74, 6) is 1.22. The van der Waals surface area contributed by atoms with Gasteiger partial charge in [0.15, 0.2) is 0 Å². The average Bonchev–Trinajstić information content (AvgIpc) is 2.89. The van der Waals surface area contributed by atoms with Gasteiger partial charge in [0.05, 0.1) is 12.7 Å². The van der Waals surface area contributed by atoms with Crippen LogP contribution >= 0.6 is 0 Å². The molecular weight excluding hydrogens is 252 g/mol. The number of hydrogen-bond acceptors (Lipinski definition) is 3. The second kappa shape index (κ2) is 4.74. The topological polar surface area (TPSA) is 49.9 Å².